The first-order valence-corrected chi connectivity index (χ1v) is 10.1. The molecular formula is C19H37N5O. The van der Waals surface area contributed by atoms with E-state index in [0.717, 1.165) is 25.1 Å². The summed E-state index contributed by atoms with van der Waals surface area (Å²) in [7, 11) is 3.55. The molecular weight excluding hydrogens is 314 g/mol. The molecule has 6 heteroatoms. The molecule has 1 aliphatic heterocycles. The second-order valence-electron chi connectivity index (χ2n) is 7.60. The Kier molecular flexibility index (Phi) is 8.52. The van der Waals surface area contributed by atoms with Gasteiger partial charge in [-0.2, -0.15) is 0 Å². The van der Waals surface area contributed by atoms with Crippen molar-refractivity contribution in [2.75, 3.05) is 40.3 Å². The lowest BCUT2D eigenvalue weighted by Crippen LogP contribution is -2.47. The maximum Gasteiger partial charge on any atom is 0.243 e. The molecule has 0 spiro atoms. The third-order valence-corrected chi connectivity index (χ3v) is 5.48. The second-order valence-corrected chi connectivity index (χ2v) is 7.60. The van der Waals surface area contributed by atoms with Gasteiger partial charge in [-0.25, -0.2) is 4.99 Å². The highest BCUT2D eigenvalue weighted by Gasteiger charge is 2.21. The van der Waals surface area contributed by atoms with E-state index in [0.29, 0.717) is 6.04 Å². The number of rotatable bonds is 7. The van der Waals surface area contributed by atoms with E-state index < -0.39 is 0 Å². The zero-order chi connectivity index (χ0) is 18.1. The average molecular weight is 352 g/mol. The number of likely N-dealkylation sites (tertiary alicyclic amines) is 1. The quantitative estimate of drug-likeness (QED) is 0.543. The number of piperidine rings is 1. The van der Waals surface area contributed by atoms with Gasteiger partial charge in [0.25, 0.3) is 0 Å². The van der Waals surface area contributed by atoms with Gasteiger partial charge >= 0.3 is 0 Å². The van der Waals surface area contributed by atoms with Gasteiger partial charge in [-0.05, 0) is 38.6 Å². The van der Waals surface area contributed by atoms with Gasteiger partial charge in [0.05, 0.1) is 0 Å². The summed E-state index contributed by atoms with van der Waals surface area (Å²) in [6.45, 7) is 5.63. The number of amides is 1. The number of guanidine groups is 1. The largest absolute Gasteiger partial charge is 0.355 e. The molecule has 2 aliphatic rings. The predicted molar refractivity (Wildman–Crippen MR) is 104 cm³/mol. The highest BCUT2D eigenvalue weighted by molar-refractivity contribution is 5.84. The molecule has 0 aromatic carbocycles. The van der Waals surface area contributed by atoms with Crippen LogP contribution < -0.4 is 10.6 Å². The Morgan fingerprint density at radius 2 is 1.88 bits per heavy atom. The van der Waals surface area contributed by atoms with Crippen LogP contribution in [0.25, 0.3) is 0 Å². The fourth-order valence-electron chi connectivity index (χ4n) is 3.84. The lowest BCUT2D eigenvalue weighted by atomic mass is 10.0. The number of nitrogens with one attached hydrogen (secondary N) is 2. The van der Waals surface area contributed by atoms with Crippen LogP contribution in [0.15, 0.2) is 4.99 Å². The fraction of sp³-hybridized carbons (Fsp3) is 0.895. The number of aliphatic imine (C=N–C) groups is 1. The number of carbonyl (C=O) groups excluding carboxylic acids is 1. The average Bonchev–Trinajstić information content (AvgIpc) is 3.12. The van der Waals surface area contributed by atoms with Gasteiger partial charge in [-0.15, -0.1) is 0 Å². The highest BCUT2D eigenvalue weighted by Crippen LogP contribution is 2.19. The van der Waals surface area contributed by atoms with Crippen LogP contribution in [0.1, 0.15) is 58.3 Å². The van der Waals surface area contributed by atoms with Gasteiger partial charge in [0.2, 0.25) is 5.91 Å². The Hall–Kier alpha value is -1.30. The monoisotopic (exact) mass is 351 g/mol. The minimum Gasteiger partial charge on any atom is -0.355 e. The summed E-state index contributed by atoms with van der Waals surface area (Å²) in [5.41, 5.74) is 0. The van der Waals surface area contributed by atoms with E-state index >= 15 is 0 Å². The molecule has 1 aliphatic carbocycles. The maximum absolute atomic E-state index is 11.8. The Labute approximate surface area is 153 Å². The maximum atomic E-state index is 11.8. The third kappa shape index (κ3) is 6.84. The number of likely N-dealkylation sites (N-methyl/N-ethyl adjacent to an activating group) is 1. The van der Waals surface area contributed by atoms with Gasteiger partial charge < -0.3 is 15.5 Å². The van der Waals surface area contributed by atoms with Gasteiger partial charge in [0.15, 0.2) is 5.96 Å². The van der Waals surface area contributed by atoms with Gasteiger partial charge in [-0.3, -0.25) is 9.69 Å². The van der Waals surface area contributed by atoms with Crippen molar-refractivity contribution in [1.82, 2.24) is 20.4 Å². The summed E-state index contributed by atoms with van der Waals surface area (Å²) in [5, 5.41) is 6.98. The summed E-state index contributed by atoms with van der Waals surface area (Å²) in [6.07, 6.45) is 10.2. The molecule has 1 heterocycles. The minimum atomic E-state index is 0.0367. The zero-order valence-corrected chi connectivity index (χ0v) is 16.4. The van der Waals surface area contributed by atoms with Crippen LogP contribution in [-0.4, -0.2) is 74.0 Å². The van der Waals surface area contributed by atoms with Crippen LogP contribution in [0.4, 0.5) is 0 Å². The molecule has 2 fully saturated rings. The van der Waals surface area contributed by atoms with Crippen molar-refractivity contribution in [1.29, 1.82) is 0 Å². The number of hydrogen-bond acceptors (Lipinski definition) is 3. The smallest absolute Gasteiger partial charge is 0.243 e. The van der Waals surface area contributed by atoms with Crippen molar-refractivity contribution >= 4 is 11.9 Å². The molecule has 1 atom stereocenters. The second kappa shape index (κ2) is 10.6. The first-order valence-electron chi connectivity index (χ1n) is 10.1. The van der Waals surface area contributed by atoms with Gasteiger partial charge in [0, 0.05) is 39.3 Å². The normalized spacial score (nSPS) is 22.8. The SMILES string of the molecule is CCC1CCCCN1CCNC(=NCC(=O)N(C)C)NC1CCCC1. The Bertz CT molecular complexity index is 432. The predicted octanol–water partition coefficient (Wildman–Crippen LogP) is 1.82. The summed E-state index contributed by atoms with van der Waals surface area (Å²) >= 11 is 0. The topological polar surface area (TPSA) is 60.0 Å². The standard InChI is InChI=1S/C19H37N5O/c1-4-17-11-7-8-13-24(17)14-12-20-19(21-15-18(25)23(2)3)22-16-9-5-6-10-16/h16-17H,4-15H2,1-3H3,(H2,20,21,22). The van der Waals surface area contributed by atoms with Crippen molar-refractivity contribution in [2.45, 2.75) is 70.4 Å². The minimum absolute atomic E-state index is 0.0367. The third-order valence-electron chi connectivity index (χ3n) is 5.48. The van der Waals surface area contributed by atoms with E-state index in [1.165, 1.54) is 57.9 Å². The van der Waals surface area contributed by atoms with Crippen molar-refractivity contribution in [2.24, 2.45) is 4.99 Å². The molecule has 1 unspecified atom stereocenters. The molecule has 1 amide bonds. The van der Waals surface area contributed by atoms with E-state index in [2.05, 4.69) is 27.4 Å². The van der Waals surface area contributed by atoms with E-state index in [1.54, 1.807) is 19.0 Å². The Morgan fingerprint density at radius 3 is 2.56 bits per heavy atom. The van der Waals surface area contributed by atoms with E-state index in [-0.39, 0.29) is 12.5 Å². The molecule has 1 saturated carbocycles. The van der Waals surface area contributed by atoms with Crippen LogP contribution in [0.2, 0.25) is 0 Å². The molecule has 0 radical (unpaired) electrons. The summed E-state index contributed by atoms with van der Waals surface area (Å²) in [4.78, 5) is 20.6. The van der Waals surface area contributed by atoms with Crippen molar-refractivity contribution in [3.63, 3.8) is 0 Å². The van der Waals surface area contributed by atoms with E-state index in [1.807, 2.05) is 0 Å². The van der Waals surface area contributed by atoms with Crippen LogP contribution >= 0.6 is 0 Å². The molecule has 0 bridgehead atoms. The number of nitrogens with zero attached hydrogens (tertiary/aromatic N) is 3. The summed E-state index contributed by atoms with van der Waals surface area (Å²) < 4.78 is 0. The summed E-state index contributed by atoms with van der Waals surface area (Å²) in [5.74, 6) is 0.835. The fourth-order valence-corrected chi connectivity index (χ4v) is 3.84. The summed E-state index contributed by atoms with van der Waals surface area (Å²) in [6, 6.07) is 1.23. The van der Waals surface area contributed by atoms with Gasteiger partial charge in [-0.1, -0.05) is 26.2 Å². The van der Waals surface area contributed by atoms with E-state index in [4.69, 9.17) is 0 Å². The molecule has 144 valence electrons. The first-order chi connectivity index (χ1) is 12.1. The van der Waals surface area contributed by atoms with E-state index in [9.17, 15) is 4.79 Å². The molecule has 2 rings (SSSR count). The van der Waals surface area contributed by atoms with Crippen molar-refractivity contribution in [3.8, 4) is 0 Å². The van der Waals surface area contributed by atoms with Crippen molar-refractivity contribution < 1.29 is 4.79 Å². The van der Waals surface area contributed by atoms with Crippen LogP contribution in [-0.2, 0) is 4.79 Å². The first kappa shape index (κ1) is 20.0. The molecule has 6 nitrogen and oxygen atoms in total. The highest BCUT2D eigenvalue weighted by atomic mass is 16.2. The lowest BCUT2D eigenvalue weighted by molar-refractivity contribution is -0.127. The van der Waals surface area contributed by atoms with Crippen molar-refractivity contribution in [3.05, 3.63) is 0 Å². The molecule has 2 N–H and O–H groups in total. The Balaban J connectivity index is 1.83. The zero-order valence-electron chi connectivity index (χ0n) is 16.4. The number of hydrogen-bond donors (Lipinski definition) is 2. The van der Waals surface area contributed by atoms with Crippen LogP contribution in [0.3, 0.4) is 0 Å². The van der Waals surface area contributed by atoms with Crippen LogP contribution in [0.5, 0.6) is 0 Å². The molecule has 25 heavy (non-hydrogen) atoms. The lowest BCUT2D eigenvalue weighted by Gasteiger charge is -2.35. The number of carbonyl (C=O) groups is 1. The molecule has 0 aromatic heterocycles. The van der Waals surface area contributed by atoms with Crippen LogP contribution in [0, 0.1) is 0 Å². The Morgan fingerprint density at radius 1 is 1.16 bits per heavy atom. The molecule has 0 aromatic rings. The molecule has 1 saturated heterocycles. The van der Waals surface area contributed by atoms with Gasteiger partial charge in [0.1, 0.15) is 6.54 Å².